The van der Waals surface area contributed by atoms with Crippen LogP contribution in [0.3, 0.4) is 0 Å². The summed E-state index contributed by atoms with van der Waals surface area (Å²) in [5.74, 6) is 0. The van der Waals surface area contributed by atoms with Crippen LogP contribution < -0.4 is 103 Å². The van der Waals surface area contributed by atoms with Crippen LogP contribution in [-0.2, 0) is 38.5 Å². The normalized spacial score (nSPS) is 10.9. The Bertz CT molecular complexity index is 441. The van der Waals surface area contributed by atoms with Gasteiger partial charge in [0.05, 0.1) is 0 Å². The van der Waals surface area contributed by atoms with Crippen molar-refractivity contribution in [2.24, 2.45) is 0 Å². The van der Waals surface area contributed by atoms with E-state index >= 15 is 0 Å². The van der Waals surface area contributed by atoms with Gasteiger partial charge < -0.3 is 2.85 Å². The molecule has 0 saturated carbocycles. The Morgan fingerprint density at radius 2 is 0.882 bits per heavy atom. The monoisotopic (exact) mass is 398 g/mol. The molecule has 2 N–H and O–H groups in total. The number of hydrogen-bond acceptors (Lipinski definition) is 8. The van der Waals surface area contributed by atoms with E-state index in [-0.39, 0.29) is 140 Å². The van der Waals surface area contributed by atoms with Gasteiger partial charge in [-0.25, -0.2) is 0 Å². The molecular weight excluding hydrogens is 388 g/mol. The summed E-state index contributed by atoms with van der Waals surface area (Å²) in [4.78, 5) is 0. The van der Waals surface area contributed by atoms with E-state index in [1.165, 1.54) is 0 Å². The molecule has 0 atom stereocenters. The molecule has 96 valence electrons. The molecule has 17 heteroatoms. The molecule has 0 spiro atoms. The third-order valence-electron chi connectivity index (χ3n) is 0.339. The van der Waals surface area contributed by atoms with Gasteiger partial charge in [-0.3, -0.25) is 9.11 Å². The van der Waals surface area contributed by atoms with Crippen LogP contribution in [0.1, 0.15) is 2.85 Å². The molecule has 0 unspecified atom stereocenters. The van der Waals surface area contributed by atoms with E-state index in [0.717, 1.165) is 0 Å². The maximum Gasteiger partial charge on any atom is 1.00 e. The smallest absolute Gasteiger partial charge is 1.00 e. The summed E-state index contributed by atoms with van der Waals surface area (Å²) in [7, 11) is -16.5. The summed E-state index contributed by atoms with van der Waals surface area (Å²) >= 11 is 0. The molecule has 0 radical (unpaired) electrons. The summed E-state index contributed by atoms with van der Waals surface area (Å²) in [6, 6.07) is 0. The molecule has 0 saturated heterocycles. The Balaban J connectivity index is -0.0000000480. The van der Waals surface area contributed by atoms with Crippen molar-refractivity contribution in [2.45, 2.75) is 0 Å². The molecule has 0 heterocycles. The second-order valence-corrected chi connectivity index (χ2v) is 5.02. The van der Waals surface area contributed by atoms with Gasteiger partial charge >= 0.3 is 134 Å². The van der Waals surface area contributed by atoms with Gasteiger partial charge in [-0.1, -0.05) is 7.26 Å². The molecule has 0 aromatic heterocycles. The molecule has 0 aliphatic carbocycles. The van der Waals surface area contributed by atoms with Gasteiger partial charge in [0.1, 0.15) is 0 Å². The molecule has 0 aliphatic rings. The second-order valence-electron chi connectivity index (χ2n) is 1.40. The summed E-state index contributed by atoms with van der Waals surface area (Å²) in [6.07, 6.45) is 0. The van der Waals surface area contributed by atoms with Crippen LogP contribution in [0.25, 0.3) is 0 Å². The fraction of sp³-hybridized carbons (Fsp3) is 0. The first-order chi connectivity index (χ1) is 5.41. The number of rotatable bonds is 4. The van der Waals surface area contributed by atoms with Gasteiger partial charge in [-0.2, -0.15) is 25.3 Å². The van der Waals surface area contributed by atoms with Crippen LogP contribution in [0, 0.1) is 0 Å². The van der Waals surface area contributed by atoms with Gasteiger partial charge in [0, 0.05) is 0 Å². The minimum absolute atomic E-state index is 0. The summed E-state index contributed by atoms with van der Waals surface area (Å²) in [6.45, 7) is 0. The van der Waals surface area contributed by atoms with Crippen molar-refractivity contribution in [1.29, 1.82) is 0 Å². The van der Waals surface area contributed by atoms with E-state index < -0.39 is 31.2 Å². The van der Waals surface area contributed by atoms with E-state index in [9.17, 15) is 25.3 Å². The van der Waals surface area contributed by atoms with Gasteiger partial charge in [0.2, 0.25) is 0 Å². The largest absolute Gasteiger partial charge is 1.00 e. The average molecular weight is 398 g/mol. The van der Waals surface area contributed by atoms with E-state index in [4.69, 9.17) is 9.11 Å². The second kappa shape index (κ2) is 12.6. The minimum atomic E-state index is -5.57. The van der Waals surface area contributed by atoms with Crippen molar-refractivity contribution in [3.8, 4) is 0 Å². The SMILES string of the molecule is O=S(=O)(O)OS(=O)(=O)OS(=O)(=O)O.[AlH3].[AlH3].[H-].[H-].[K+].[K+]. The first kappa shape index (κ1) is 32.8. The zero-order valence-electron chi connectivity index (χ0n) is 9.39. The Labute approximate surface area is 208 Å². The molecule has 0 rings (SSSR count). The summed E-state index contributed by atoms with van der Waals surface area (Å²) in [5, 5.41) is 0. The third-order valence-corrected chi connectivity index (χ3v) is 3.05. The van der Waals surface area contributed by atoms with Gasteiger partial charge in [-0.05, 0) is 0 Å². The van der Waals surface area contributed by atoms with Crippen LogP contribution in [0.2, 0.25) is 0 Å². The van der Waals surface area contributed by atoms with Gasteiger partial charge in [0.15, 0.2) is 34.7 Å². The molecule has 10 nitrogen and oxygen atoms in total. The fourth-order valence-electron chi connectivity index (χ4n) is 0.222. The summed E-state index contributed by atoms with van der Waals surface area (Å²) in [5.41, 5.74) is 0. The third kappa shape index (κ3) is 25.3. The molecule has 0 aromatic rings. The quantitative estimate of drug-likeness (QED) is 0.343. The molecule has 0 amide bonds. The molecule has 17 heavy (non-hydrogen) atoms. The standard InChI is InChI=1S/2Al.2K.H2O10S3.8H/c;;;;1-11(2,3)9-13(7,8)10-12(4,5)6;;;;;;;;/h;;;;(H,1,2,3)(H,4,5,6);;;;;;;;/q;;2*+1;;;;;;;;2*-1. The van der Waals surface area contributed by atoms with Crippen LogP contribution in [-0.4, -0.2) is 69.1 Å². The van der Waals surface area contributed by atoms with Gasteiger partial charge in [-0.15, -0.1) is 0 Å². The first-order valence-electron chi connectivity index (χ1n) is 2.03. The van der Waals surface area contributed by atoms with Crippen molar-refractivity contribution in [2.75, 3.05) is 0 Å². The van der Waals surface area contributed by atoms with E-state index in [1.54, 1.807) is 0 Å². The van der Waals surface area contributed by atoms with Crippen LogP contribution in [0.4, 0.5) is 0 Å². The van der Waals surface area contributed by atoms with E-state index in [1.807, 2.05) is 0 Å². The van der Waals surface area contributed by atoms with Crippen LogP contribution >= 0.6 is 0 Å². The van der Waals surface area contributed by atoms with Crippen LogP contribution in [0.5, 0.6) is 0 Å². The zero-order chi connectivity index (χ0) is 10.9. The van der Waals surface area contributed by atoms with Gasteiger partial charge in [0.25, 0.3) is 0 Å². The van der Waals surface area contributed by atoms with E-state index in [2.05, 4.69) is 7.26 Å². The maximum absolute atomic E-state index is 10.1. The van der Waals surface area contributed by atoms with Crippen molar-refractivity contribution < 1.29 is 147 Å². The van der Waals surface area contributed by atoms with Crippen molar-refractivity contribution >= 4 is 65.9 Å². The molecule has 0 bridgehead atoms. The predicted molar refractivity (Wildman–Crippen MR) is 56.3 cm³/mol. The molecule has 0 aromatic carbocycles. The Hall–Kier alpha value is 4.03. The van der Waals surface area contributed by atoms with Crippen LogP contribution in [0.15, 0.2) is 0 Å². The van der Waals surface area contributed by atoms with E-state index in [0.29, 0.717) is 0 Å². The molecule has 0 aliphatic heterocycles. The predicted octanol–water partition coefficient (Wildman–Crippen LogP) is -10.3. The van der Waals surface area contributed by atoms with Crippen molar-refractivity contribution in [3.63, 3.8) is 0 Å². The Kier molecular flexibility index (Phi) is 24.3. The molecular formula is H10Al2K2O10S3. The first-order valence-corrected chi connectivity index (χ1v) is 6.10. The van der Waals surface area contributed by atoms with Crippen molar-refractivity contribution in [3.05, 3.63) is 0 Å². The fourth-order valence-corrected chi connectivity index (χ4v) is 2.20. The Morgan fingerprint density at radius 3 is 1.00 bits per heavy atom. The number of hydrogen-bond donors (Lipinski definition) is 2. The maximum atomic E-state index is 10.1. The Morgan fingerprint density at radius 1 is 0.706 bits per heavy atom. The molecule has 0 fully saturated rings. The summed E-state index contributed by atoms with van der Waals surface area (Å²) < 4.78 is 80.2. The minimum Gasteiger partial charge on any atom is -1.00 e. The zero-order valence-corrected chi connectivity index (χ0v) is 16.1. The average Bonchev–Trinajstić information content (AvgIpc) is 1.43. The van der Waals surface area contributed by atoms with Crippen molar-refractivity contribution in [1.82, 2.24) is 0 Å². The topological polar surface area (TPSA) is 161 Å².